The molecule has 0 amide bonds. The van der Waals surface area contributed by atoms with Gasteiger partial charge < -0.3 is 0 Å². The predicted octanol–water partition coefficient (Wildman–Crippen LogP) is 3.30. The van der Waals surface area contributed by atoms with Crippen LogP contribution in [0.25, 0.3) is 11.3 Å². The average Bonchev–Trinajstić information content (AvgIpc) is 2.65. The van der Waals surface area contributed by atoms with Crippen molar-refractivity contribution >= 4 is 0 Å². The summed E-state index contributed by atoms with van der Waals surface area (Å²) in [6.07, 6.45) is -4.11. The van der Waals surface area contributed by atoms with Crippen molar-refractivity contribution in [3.63, 3.8) is 0 Å². The van der Waals surface area contributed by atoms with Crippen LogP contribution in [-0.4, -0.2) is 9.78 Å². The second-order valence-corrected chi connectivity index (χ2v) is 3.21. The lowest BCUT2D eigenvalue weighted by atomic mass is 10.1. The van der Waals surface area contributed by atoms with Crippen molar-refractivity contribution in [3.05, 3.63) is 42.1 Å². The highest BCUT2D eigenvalue weighted by Crippen LogP contribution is 2.27. The van der Waals surface area contributed by atoms with Crippen LogP contribution in [0.2, 0.25) is 0 Å². The lowest BCUT2D eigenvalue weighted by Gasteiger charge is -2.05. The first-order chi connectivity index (χ1) is 7.89. The van der Waals surface area contributed by atoms with Gasteiger partial charge in [0.2, 0.25) is 0 Å². The summed E-state index contributed by atoms with van der Waals surface area (Å²) < 4.78 is 62.9. The van der Waals surface area contributed by atoms with Crippen molar-refractivity contribution in [2.45, 2.75) is 6.30 Å². The van der Waals surface area contributed by atoms with Gasteiger partial charge in [0.25, 0.3) is 0 Å². The molecule has 7 heteroatoms. The molecule has 2 rings (SSSR count). The molecule has 0 saturated heterocycles. The van der Waals surface area contributed by atoms with Gasteiger partial charge in [0.15, 0.2) is 0 Å². The van der Waals surface area contributed by atoms with Crippen molar-refractivity contribution in [1.29, 1.82) is 0 Å². The fourth-order valence-corrected chi connectivity index (χ4v) is 1.34. The monoisotopic (exact) mass is 248 g/mol. The molecule has 0 unspecified atom stereocenters. The topological polar surface area (TPSA) is 17.8 Å². The van der Waals surface area contributed by atoms with Crippen LogP contribution in [0.3, 0.4) is 0 Å². The SMILES string of the molecule is Fc1cccc(F)c1-c1ccn(C(F)(F)F)n1. The second kappa shape index (κ2) is 3.83. The van der Waals surface area contributed by atoms with Crippen LogP contribution in [0, 0.1) is 11.6 Å². The highest BCUT2D eigenvalue weighted by atomic mass is 19.4. The van der Waals surface area contributed by atoms with Crippen LogP contribution in [0.4, 0.5) is 22.0 Å². The summed E-state index contributed by atoms with van der Waals surface area (Å²) in [6, 6.07) is 3.92. The normalized spacial score (nSPS) is 11.8. The summed E-state index contributed by atoms with van der Waals surface area (Å²) in [5.41, 5.74) is -0.978. The highest BCUT2D eigenvalue weighted by Gasteiger charge is 2.32. The minimum Gasteiger partial charge on any atom is -0.206 e. The van der Waals surface area contributed by atoms with E-state index >= 15 is 0 Å². The van der Waals surface area contributed by atoms with Crippen LogP contribution < -0.4 is 0 Å². The third-order valence-electron chi connectivity index (χ3n) is 2.07. The first-order valence-electron chi connectivity index (χ1n) is 4.47. The molecule has 0 aliphatic rings. The Hall–Kier alpha value is -1.92. The summed E-state index contributed by atoms with van der Waals surface area (Å²) >= 11 is 0. The first kappa shape index (κ1) is 11.6. The molecule has 0 radical (unpaired) electrons. The Morgan fingerprint density at radius 2 is 1.59 bits per heavy atom. The van der Waals surface area contributed by atoms with Gasteiger partial charge in [-0.1, -0.05) is 6.07 Å². The standard InChI is InChI=1S/C10H5F5N2/c11-6-2-1-3-7(12)9(6)8-4-5-17(16-8)10(13,14)15/h1-5H. The van der Waals surface area contributed by atoms with Crippen molar-refractivity contribution in [1.82, 2.24) is 9.78 Å². The molecular formula is C10H5F5N2. The van der Waals surface area contributed by atoms with Gasteiger partial charge in [-0.2, -0.15) is 9.78 Å². The van der Waals surface area contributed by atoms with Gasteiger partial charge in [-0.3, -0.25) is 0 Å². The molecule has 0 spiro atoms. The Bertz CT molecular complexity index is 524. The Kier molecular flexibility index (Phi) is 2.60. The Labute approximate surface area is 92.3 Å². The van der Waals surface area contributed by atoms with Crippen molar-refractivity contribution in [2.75, 3.05) is 0 Å². The molecule has 17 heavy (non-hydrogen) atoms. The van der Waals surface area contributed by atoms with Crippen LogP contribution in [0.1, 0.15) is 0 Å². The number of aromatic nitrogens is 2. The van der Waals surface area contributed by atoms with Crippen LogP contribution >= 0.6 is 0 Å². The summed E-state index contributed by atoms with van der Waals surface area (Å²) in [4.78, 5) is 0. The third kappa shape index (κ3) is 2.13. The van der Waals surface area contributed by atoms with Gasteiger partial charge in [0.05, 0.1) is 11.3 Å². The van der Waals surface area contributed by atoms with E-state index in [-0.39, 0.29) is 4.68 Å². The van der Waals surface area contributed by atoms with Gasteiger partial charge in [-0.05, 0) is 18.2 Å². The largest absolute Gasteiger partial charge is 0.504 e. The molecule has 1 aromatic heterocycles. The maximum Gasteiger partial charge on any atom is 0.504 e. The summed E-state index contributed by atoms with van der Waals surface area (Å²) in [7, 11) is 0. The quantitative estimate of drug-likeness (QED) is 0.708. The van der Waals surface area contributed by atoms with Gasteiger partial charge in [0, 0.05) is 6.20 Å². The first-order valence-corrected chi connectivity index (χ1v) is 4.47. The lowest BCUT2D eigenvalue weighted by Crippen LogP contribution is -2.17. The second-order valence-electron chi connectivity index (χ2n) is 3.21. The predicted molar refractivity (Wildman–Crippen MR) is 48.9 cm³/mol. The molecule has 2 nitrogen and oxygen atoms in total. The van der Waals surface area contributed by atoms with E-state index in [0.29, 0.717) is 6.20 Å². The van der Waals surface area contributed by atoms with E-state index in [1.807, 2.05) is 0 Å². The van der Waals surface area contributed by atoms with E-state index in [9.17, 15) is 22.0 Å². The Balaban J connectivity index is 2.51. The molecule has 0 N–H and O–H groups in total. The van der Waals surface area contributed by atoms with E-state index in [2.05, 4.69) is 5.10 Å². The van der Waals surface area contributed by atoms with Crippen molar-refractivity contribution in [3.8, 4) is 11.3 Å². The van der Waals surface area contributed by atoms with E-state index in [1.54, 1.807) is 0 Å². The maximum absolute atomic E-state index is 13.3. The molecule has 0 aliphatic carbocycles. The molecule has 0 fully saturated rings. The number of hydrogen-bond donors (Lipinski definition) is 0. The van der Waals surface area contributed by atoms with E-state index in [4.69, 9.17) is 0 Å². The lowest BCUT2D eigenvalue weighted by molar-refractivity contribution is -0.212. The van der Waals surface area contributed by atoms with Crippen molar-refractivity contribution < 1.29 is 22.0 Å². The minimum absolute atomic E-state index is 0.311. The molecule has 0 saturated carbocycles. The Morgan fingerprint density at radius 3 is 2.06 bits per heavy atom. The number of nitrogens with zero attached hydrogens (tertiary/aromatic N) is 2. The fourth-order valence-electron chi connectivity index (χ4n) is 1.34. The average molecular weight is 248 g/mol. The van der Waals surface area contributed by atoms with Crippen molar-refractivity contribution in [2.24, 2.45) is 0 Å². The zero-order chi connectivity index (χ0) is 12.6. The number of benzene rings is 1. The summed E-state index contributed by atoms with van der Waals surface area (Å²) in [5, 5.41) is 3.09. The molecule has 1 heterocycles. The molecule has 0 aliphatic heterocycles. The number of halogens is 5. The van der Waals surface area contributed by atoms with Gasteiger partial charge in [0.1, 0.15) is 11.6 Å². The van der Waals surface area contributed by atoms with Crippen LogP contribution in [0.15, 0.2) is 30.5 Å². The number of rotatable bonds is 1. The van der Waals surface area contributed by atoms with Gasteiger partial charge in [-0.15, -0.1) is 13.2 Å². The van der Waals surface area contributed by atoms with Gasteiger partial charge in [-0.25, -0.2) is 8.78 Å². The summed E-state index contributed by atoms with van der Waals surface area (Å²) in [6.45, 7) is 0. The third-order valence-corrected chi connectivity index (χ3v) is 2.07. The molecule has 90 valence electrons. The molecule has 1 aromatic carbocycles. The zero-order valence-electron chi connectivity index (χ0n) is 8.17. The smallest absolute Gasteiger partial charge is 0.206 e. The number of alkyl halides is 3. The number of hydrogen-bond acceptors (Lipinski definition) is 1. The molecule has 0 bridgehead atoms. The maximum atomic E-state index is 13.3. The van der Waals surface area contributed by atoms with Crippen LogP contribution in [-0.2, 0) is 6.30 Å². The molecule has 0 atom stereocenters. The van der Waals surface area contributed by atoms with E-state index in [1.165, 1.54) is 0 Å². The fraction of sp³-hybridized carbons (Fsp3) is 0.100. The van der Waals surface area contributed by atoms with Crippen LogP contribution in [0.5, 0.6) is 0 Å². The van der Waals surface area contributed by atoms with E-state index in [0.717, 1.165) is 24.3 Å². The molecule has 2 aromatic rings. The molecular weight excluding hydrogens is 243 g/mol. The highest BCUT2D eigenvalue weighted by molar-refractivity contribution is 5.60. The van der Waals surface area contributed by atoms with E-state index < -0.39 is 29.2 Å². The zero-order valence-corrected chi connectivity index (χ0v) is 8.17. The Morgan fingerprint density at radius 1 is 1.00 bits per heavy atom. The van der Waals surface area contributed by atoms with Gasteiger partial charge >= 0.3 is 6.30 Å². The minimum atomic E-state index is -4.71. The summed E-state index contributed by atoms with van der Waals surface area (Å²) in [5.74, 6) is -1.92.